The Labute approximate surface area is 111 Å². The number of nitrogens with one attached hydrogen (secondary N) is 1. The van der Waals surface area contributed by atoms with Crippen molar-refractivity contribution in [2.45, 2.75) is 25.3 Å². The number of halogens is 1. The van der Waals surface area contributed by atoms with Gasteiger partial charge < -0.3 is 0 Å². The van der Waals surface area contributed by atoms with Gasteiger partial charge in [0.2, 0.25) is 0 Å². The van der Waals surface area contributed by atoms with E-state index < -0.39 is 15.8 Å². The molecule has 0 aliphatic rings. The van der Waals surface area contributed by atoms with E-state index in [1.165, 1.54) is 12.1 Å². The molecule has 2 aromatic rings. The highest BCUT2D eigenvalue weighted by atomic mass is 32.2. The molecule has 0 aliphatic heterocycles. The van der Waals surface area contributed by atoms with E-state index >= 15 is 0 Å². The van der Waals surface area contributed by atoms with Gasteiger partial charge in [-0.05, 0) is 38.1 Å². The Morgan fingerprint density at radius 3 is 2.47 bits per heavy atom. The summed E-state index contributed by atoms with van der Waals surface area (Å²) in [5, 5.41) is 4.15. The van der Waals surface area contributed by atoms with Gasteiger partial charge in [-0.1, -0.05) is 0 Å². The van der Waals surface area contributed by atoms with Crippen molar-refractivity contribution in [2.75, 3.05) is 4.72 Å². The van der Waals surface area contributed by atoms with E-state index in [9.17, 15) is 12.8 Å². The van der Waals surface area contributed by atoms with E-state index in [0.717, 1.165) is 12.1 Å². The second-order valence-corrected chi connectivity index (χ2v) is 5.73. The molecule has 0 fully saturated rings. The van der Waals surface area contributed by atoms with Crippen molar-refractivity contribution < 1.29 is 12.8 Å². The Hall–Kier alpha value is -1.89. The average molecular weight is 283 g/mol. The molecule has 0 atom stereocenters. The Bertz CT molecular complexity index is 678. The third-order valence-corrected chi connectivity index (χ3v) is 4.02. The van der Waals surface area contributed by atoms with Gasteiger partial charge in [0, 0.05) is 12.7 Å². The summed E-state index contributed by atoms with van der Waals surface area (Å²) in [6, 6.07) is 4.66. The first-order chi connectivity index (χ1) is 8.92. The number of hydrogen-bond donors (Lipinski definition) is 1. The van der Waals surface area contributed by atoms with Crippen LogP contribution in [0.5, 0.6) is 0 Å². The quantitative estimate of drug-likeness (QED) is 0.935. The van der Waals surface area contributed by atoms with Gasteiger partial charge in [-0.2, -0.15) is 5.10 Å². The third-order valence-electron chi connectivity index (χ3n) is 2.64. The number of aromatic nitrogens is 2. The average Bonchev–Trinajstić information content (AvgIpc) is 2.70. The molecule has 1 aromatic heterocycles. The molecule has 0 saturated heterocycles. The van der Waals surface area contributed by atoms with Crippen LogP contribution in [0.15, 0.2) is 35.4 Å². The summed E-state index contributed by atoms with van der Waals surface area (Å²) in [5.41, 5.74) is 1.01. The molecule has 0 aliphatic carbocycles. The normalized spacial score (nSPS) is 11.5. The number of hydrogen-bond acceptors (Lipinski definition) is 3. The Morgan fingerprint density at radius 1 is 1.32 bits per heavy atom. The number of anilines is 1. The van der Waals surface area contributed by atoms with Crippen molar-refractivity contribution in [3.8, 4) is 0 Å². The lowest BCUT2D eigenvalue weighted by atomic mass is 10.4. The van der Waals surface area contributed by atoms with Gasteiger partial charge in [-0.25, -0.2) is 12.8 Å². The maximum absolute atomic E-state index is 12.8. The predicted molar refractivity (Wildman–Crippen MR) is 69.8 cm³/mol. The zero-order valence-electron chi connectivity index (χ0n) is 10.6. The molecule has 1 heterocycles. The van der Waals surface area contributed by atoms with Crippen molar-refractivity contribution >= 4 is 15.7 Å². The molecule has 102 valence electrons. The first-order valence-electron chi connectivity index (χ1n) is 5.75. The Balaban J connectivity index is 2.30. The largest absolute Gasteiger partial charge is 0.276 e. The molecule has 2 rings (SSSR count). The molecular weight excluding hydrogens is 269 g/mol. The summed E-state index contributed by atoms with van der Waals surface area (Å²) in [5.74, 6) is -0.478. The number of aryl methyl sites for hydroxylation is 2. The highest BCUT2D eigenvalue weighted by molar-refractivity contribution is 7.92. The monoisotopic (exact) mass is 283 g/mol. The third kappa shape index (κ3) is 2.93. The van der Waals surface area contributed by atoms with Crippen LogP contribution in [-0.2, 0) is 16.6 Å². The van der Waals surface area contributed by atoms with Crippen LogP contribution >= 0.6 is 0 Å². The van der Waals surface area contributed by atoms with Crippen LogP contribution in [-0.4, -0.2) is 18.2 Å². The molecule has 19 heavy (non-hydrogen) atoms. The standard InChI is InChI=1S/C12H14FN3O2S/c1-3-16-8-12(9(2)14-16)15-19(17,18)11-6-4-10(13)5-7-11/h4-8,15H,3H2,1-2H3. The SMILES string of the molecule is CCn1cc(NS(=O)(=O)c2ccc(F)cc2)c(C)n1. The van der Waals surface area contributed by atoms with Gasteiger partial charge >= 0.3 is 0 Å². The predicted octanol–water partition coefficient (Wildman–Crippen LogP) is 2.15. The molecule has 7 heteroatoms. The summed E-state index contributed by atoms with van der Waals surface area (Å²) in [6.45, 7) is 4.28. The summed E-state index contributed by atoms with van der Waals surface area (Å²) in [7, 11) is -3.72. The Morgan fingerprint density at radius 2 is 1.95 bits per heavy atom. The first-order valence-corrected chi connectivity index (χ1v) is 7.23. The van der Waals surface area contributed by atoms with Gasteiger partial charge in [-0.15, -0.1) is 0 Å². The molecule has 0 bridgehead atoms. The second-order valence-electron chi connectivity index (χ2n) is 4.04. The lowest BCUT2D eigenvalue weighted by Crippen LogP contribution is -2.13. The summed E-state index contributed by atoms with van der Waals surface area (Å²) in [6.07, 6.45) is 1.62. The van der Waals surface area contributed by atoms with Crippen LogP contribution in [0.25, 0.3) is 0 Å². The number of nitrogens with zero attached hydrogens (tertiary/aromatic N) is 2. The number of rotatable bonds is 4. The summed E-state index contributed by atoms with van der Waals surface area (Å²) in [4.78, 5) is 0.0116. The Kier molecular flexibility index (Phi) is 3.57. The second kappa shape index (κ2) is 5.00. The van der Waals surface area contributed by atoms with E-state index in [1.807, 2.05) is 6.92 Å². The van der Waals surface area contributed by atoms with Crippen LogP contribution in [0.2, 0.25) is 0 Å². The lowest BCUT2D eigenvalue weighted by molar-refractivity contribution is 0.599. The van der Waals surface area contributed by atoms with Crippen LogP contribution in [0.3, 0.4) is 0 Å². The number of benzene rings is 1. The van der Waals surface area contributed by atoms with Gasteiger partial charge in [0.05, 0.1) is 16.3 Å². The summed E-state index contributed by atoms with van der Waals surface area (Å²) < 4.78 is 41.1. The highest BCUT2D eigenvalue weighted by Gasteiger charge is 2.16. The zero-order valence-corrected chi connectivity index (χ0v) is 11.4. The van der Waals surface area contributed by atoms with Crippen molar-refractivity contribution in [3.63, 3.8) is 0 Å². The maximum atomic E-state index is 12.8. The van der Waals surface area contributed by atoms with Crippen molar-refractivity contribution in [1.82, 2.24) is 9.78 Å². The molecule has 0 unspecified atom stereocenters. The van der Waals surface area contributed by atoms with Crippen LogP contribution in [0.4, 0.5) is 10.1 Å². The van der Waals surface area contributed by atoms with E-state index in [0.29, 0.717) is 17.9 Å². The molecule has 1 N–H and O–H groups in total. The smallest absolute Gasteiger partial charge is 0.262 e. The van der Waals surface area contributed by atoms with Gasteiger partial charge in [0.25, 0.3) is 10.0 Å². The van der Waals surface area contributed by atoms with Crippen molar-refractivity contribution in [1.29, 1.82) is 0 Å². The fraction of sp³-hybridized carbons (Fsp3) is 0.250. The minimum atomic E-state index is -3.72. The molecular formula is C12H14FN3O2S. The van der Waals surface area contributed by atoms with Crippen LogP contribution in [0.1, 0.15) is 12.6 Å². The zero-order chi connectivity index (χ0) is 14.0. The first kappa shape index (κ1) is 13.5. The van der Waals surface area contributed by atoms with Gasteiger partial charge in [-0.3, -0.25) is 9.40 Å². The molecule has 0 spiro atoms. The molecule has 0 amide bonds. The van der Waals surface area contributed by atoms with Crippen molar-refractivity contribution in [2.24, 2.45) is 0 Å². The highest BCUT2D eigenvalue weighted by Crippen LogP contribution is 2.18. The molecule has 1 aromatic carbocycles. The fourth-order valence-electron chi connectivity index (χ4n) is 1.60. The van der Waals surface area contributed by atoms with Crippen LogP contribution < -0.4 is 4.72 Å². The van der Waals surface area contributed by atoms with E-state index in [4.69, 9.17) is 0 Å². The number of sulfonamides is 1. The van der Waals surface area contributed by atoms with Crippen molar-refractivity contribution in [3.05, 3.63) is 42.0 Å². The van der Waals surface area contributed by atoms with E-state index in [2.05, 4.69) is 9.82 Å². The van der Waals surface area contributed by atoms with E-state index in [-0.39, 0.29) is 4.90 Å². The minimum Gasteiger partial charge on any atom is -0.276 e. The lowest BCUT2D eigenvalue weighted by Gasteiger charge is -2.06. The van der Waals surface area contributed by atoms with Gasteiger partial charge in [0.1, 0.15) is 5.82 Å². The van der Waals surface area contributed by atoms with Gasteiger partial charge in [0.15, 0.2) is 0 Å². The molecule has 5 nitrogen and oxygen atoms in total. The van der Waals surface area contributed by atoms with Crippen LogP contribution in [0, 0.1) is 12.7 Å². The van der Waals surface area contributed by atoms with E-state index in [1.54, 1.807) is 17.8 Å². The fourth-order valence-corrected chi connectivity index (χ4v) is 2.70. The minimum absolute atomic E-state index is 0.0116. The maximum Gasteiger partial charge on any atom is 0.262 e. The topological polar surface area (TPSA) is 64.0 Å². The summed E-state index contributed by atoms with van der Waals surface area (Å²) >= 11 is 0. The molecule has 0 radical (unpaired) electrons. The molecule has 0 saturated carbocycles.